The quantitative estimate of drug-likeness (QED) is 0.608. The van der Waals surface area contributed by atoms with E-state index in [2.05, 4.69) is 5.16 Å². The molecule has 1 aliphatic carbocycles. The zero-order valence-electron chi connectivity index (χ0n) is 14.7. The molecule has 2 saturated heterocycles. The number of nitrogens with zero attached hydrogens (tertiary/aromatic N) is 3. The average molecular weight is 365 g/mol. The molecule has 3 amide bonds. The van der Waals surface area contributed by atoms with Crippen molar-refractivity contribution in [3.63, 3.8) is 0 Å². The van der Waals surface area contributed by atoms with Gasteiger partial charge in [0.05, 0.1) is 24.3 Å². The summed E-state index contributed by atoms with van der Waals surface area (Å²) in [5.74, 6) is -0.645. The number of carbonyl (C=O) groups excluding carboxylic acids is 3. The number of rotatable bonds is 3. The summed E-state index contributed by atoms with van der Waals surface area (Å²) in [5.41, 5.74) is 1.27. The molecule has 0 radical (unpaired) electrons. The molecule has 27 heavy (non-hydrogen) atoms. The van der Waals surface area contributed by atoms with Gasteiger partial charge in [-0.2, -0.15) is 0 Å². The van der Waals surface area contributed by atoms with Crippen molar-refractivity contribution in [1.29, 1.82) is 0 Å². The molecular formula is C20H19N3O4. The molecule has 5 rings (SSSR count). The van der Waals surface area contributed by atoms with Crippen LogP contribution in [0, 0.1) is 11.8 Å². The van der Waals surface area contributed by atoms with Crippen molar-refractivity contribution in [2.45, 2.75) is 25.3 Å². The van der Waals surface area contributed by atoms with Crippen molar-refractivity contribution in [3.05, 3.63) is 42.1 Å². The first-order valence-electron chi connectivity index (χ1n) is 9.26. The lowest BCUT2D eigenvalue weighted by atomic mass is 9.85. The van der Waals surface area contributed by atoms with Crippen LogP contribution in [0.15, 0.2) is 40.9 Å². The van der Waals surface area contributed by atoms with Gasteiger partial charge in [-0.05, 0) is 25.0 Å². The number of hydrogen-bond donors (Lipinski definition) is 0. The lowest BCUT2D eigenvalue weighted by Gasteiger charge is -2.43. The first-order valence-corrected chi connectivity index (χ1v) is 9.26. The first kappa shape index (κ1) is 16.2. The highest BCUT2D eigenvalue weighted by atomic mass is 16.5. The van der Waals surface area contributed by atoms with Crippen LogP contribution < -0.4 is 0 Å². The highest BCUT2D eigenvalue weighted by molar-refractivity contribution is 6.06. The van der Waals surface area contributed by atoms with Crippen LogP contribution in [-0.4, -0.2) is 51.8 Å². The van der Waals surface area contributed by atoms with Gasteiger partial charge in [-0.3, -0.25) is 19.3 Å². The SMILES string of the molecule is O=C(Cc1noc2ccccc12)N1CC(N2C(=O)C3CC=CCC3C2=O)C1. The maximum Gasteiger partial charge on any atom is 0.233 e. The van der Waals surface area contributed by atoms with Crippen LogP contribution in [0.2, 0.25) is 0 Å². The third-order valence-electron chi connectivity index (χ3n) is 5.89. The van der Waals surface area contributed by atoms with Gasteiger partial charge in [-0.1, -0.05) is 29.4 Å². The van der Waals surface area contributed by atoms with E-state index in [1.165, 1.54) is 4.90 Å². The van der Waals surface area contributed by atoms with Gasteiger partial charge in [0.1, 0.15) is 5.69 Å². The lowest BCUT2D eigenvalue weighted by molar-refractivity contribution is -0.152. The Morgan fingerprint density at radius 1 is 1.07 bits per heavy atom. The summed E-state index contributed by atoms with van der Waals surface area (Å²) in [4.78, 5) is 40.9. The van der Waals surface area contributed by atoms with Gasteiger partial charge in [-0.25, -0.2) is 0 Å². The second-order valence-corrected chi connectivity index (χ2v) is 7.46. The van der Waals surface area contributed by atoms with Crippen LogP contribution >= 0.6 is 0 Å². The molecule has 3 heterocycles. The van der Waals surface area contributed by atoms with E-state index in [-0.39, 0.29) is 42.0 Å². The molecule has 2 fully saturated rings. The van der Waals surface area contributed by atoms with E-state index in [0.717, 1.165) is 5.39 Å². The Morgan fingerprint density at radius 2 is 1.74 bits per heavy atom. The fourth-order valence-corrected chi connectivity index (χ4v) is 4.33. The molecule has 1 aromatic heterocycles. The fraction of sp³-hybridized carbons (Fsp3) is 0.400. The van der Waals surface area contributed by atoms with Crippen molar-refractivity contribution in [2.24, 2.45) is 11.8 Å². The topological polar surface area (TPSA) is 83.7 Å². The van der Waals surface area contributed by atoms with Crippen LogP contribution in [0.3, 0.4) is 0 Å². The van der Waals surface area contributed by atoms with E-state index in [1.54, 1.807) is 4.90 Å². The van der Waals surface area contributed by atoms with Gasteiger partial charge in [0.25, 0.3) is 0 Å². The predicted molar refractivity (Wildman–Crippen MR) is 95.3 cm³/mol. The number of hydrogen-bond acceptors (Lipinski definition) is 5. The highest BCUT2D eigenvalue weighted by Gasteiger charge is 2.52. The number of para-hydroxylation sites is 1. The number of imide groups is 1. The third kappa shape index (κ3) is 2.49. The molecule has 7 heteroatoms. The zero-order chi connectivity index (χ0) is 18.5. The summed E-state index contributed by atoms with van der Waals surface area (Å²) in [6.07, 6.45) is 5.39. The Kier molecular flexibility index (Phi) is 3.63. The molecule has 2 aliphatic heterocycles. The molecule has 3 aliphatic rings. The third-order valence-corrected chi connectivity index (χ3v) is 5.89. The summed E-state index contributed by atoms with van der Waals surface area (Å²) >= 11 is 0. The zero-order valence-corrected chi connectivity index (χ0v) is 14.7. The smallest absolute Gasteiger partial charge is 0.233 e. The Morgan fingerprint density at radius 3 is 2.44 bits per heavy atom. The van der Waals surface area contributed by atoms with Crippen LogP contribution in [0.25, 0.3) is 11.0 Å². The van der Waals surface area contributed by atoms with Crippen molar-refractivity contribution < 1.29 is 18.9 Å². The number of amides is 3. The molecule has 7 nitrogen and oxygen atoms in total. The number of fused-ring (bicyclic) bond motifs is 2. The van der Waals surface area contributed by atoms with E-state index < -0.39 is 0 Å². The van der Waals surface area contributed by atoms with Crippen LogP contribution in [-0.2, 0) is 20.8 Å². The van der Waals surface area contributed by atoms with Gasteiger partial charge in [0.15, 0.2) is 5.58 Å². The Hall–Kier alpha value is -2.96. The number of likely N-dealkylation sites (tertiary alicyclic amines) is 2. The Bertz CT molecular complexity index is 947. The molecule has 2 unspecified atom stereocenters. The molecule has 0 spiro atoms. The van der Waals surface area contributed by atoms with E-state index in [4.69, 9.17) is 4.52 Å². The highest BCUT2D eigenvalue weighted by Crippen LogP contribution is 2.37. The summed E-state index contributed by atoms with van der Waals surface area (Å²) in [5, 5.41) is 4.83. The second-order valence-electron chi connectivity index (χ2n) is 7.46. The average Bonchev–Trinajstić information content (AvgIpc) is 3.16. The molecule has 0 N–H and O–H groups in total. The largest absolute Gasteiger partial charge is 0.356 e. The van der Waals surface area contributed by atoms with Crippen molar-refractivity contribution in [1.82, 2.24) is 15.0 Å². The molecule has 2 aromatic rings. The van der Waals surface area contributed by atoms with Crippen LogP contribution in [0.5, 0.6) is 0 Å². The minimum atomic E-state index is -0.214. The predicted octanol–water partition coefficient (Wildman–Crippen LogP) is 1.53. The molecule has 2 atom stereocenters. The Balaban J connectivity index is 1.24. The number of benzene rings is 1. The van der Waals surface area contributed by atoms with E-state index in [0.29, 0.717) is 37.2 Å². The van der Waals surface area contributed by atoms with Crippen molar-refractivity contribution in [2.75, 3.05) is 13.1 Å². The van der Waals surface area contributed by atoms with Crippen molar-refractivity contribution >= 4 is 28.7 Å². The lowest BCUT2D eigenvalue weighted by Crippen LogP contribution is -2.62. The monoisotopic (exact) mass is 365 g/mol. The number of carbonyl (C=O) groups is 3. The summed E-state index contributed by atoms with van der Waals surface area (Å²) in [6.45, 7) is 0.804. The molecule has 0 saturated carbocycles. The summed E-state index contributed by atoms with van der Waals surface area (Å²) in [7, 11) is 0. The Labute approximate surface area is 155 Å². The maximum absolute atomic E-state index is 12.6. The summed E-state index contributed by atoms with van der Waals surface area (Å²) < 4.78 is 5.24. The molecule has 138 valence electrons. The first-order chi connectivity index (χ1) is 13.1. The maximum atomic E-state index is 12.6. The van der Waals surface area contributed by atoms with Gasteiger partial charge in [-0.15, -0.1) is 0 Å². The fourth-order valence-electron chi connectivity index (χ4n) is 4.33. The minimum Gasteiger partial charge on any atom is -0.356 e. The molecular weight excluding hydrogens is 346 g/mol. The van der Waals surface area contributed by atoms with E-state index in [1.807, 2.05) is 36.4 Å². The van der Waals surface area contributed by atoms with E-state index in [9.17, 15) is 14.4 Å². The van der Waals surface area contributed by atoms with Gasteiger partial charge in [0, 0.05) is 18.5 Å². The standard InChI is InChI=1S/C20H19N3O4/c24-18(9-16-15-7-3-4-8-17(15)27-21-16)22-10-12(11-22)23-19(25)13-5-1-2-6-14(13)20(23)26/h1-4,7-8,12-14H,5-6,9-11H2. The second kappa shape index (κ2) is 6.04. The number of allylic oxidation sites excluding steroid dienone is 2. The normalized spacial score (nSPS) is 25.2. The molecule has 1 aromatic carbocycles. The molecule has 0 bridgehead atoms. The van der Waals surface area contributed by atoms with Gasteiger partial charge in [0.2, 0.25) is 17.7 Å². The van der Waals surface area contributed by atoms with Crippen LogP contribution in [0.1, 0.15) is 18.5 Å². The van der Waals surface area contributed by atoms with Gasteiger partial charge >= 0.3 is 0 Å². The van der Waals surface area contributed by atoms with E-state index >= 15 is 0 Å². The number of aromatic nitrogens is 1. The van der Waals surface area contributed by atoms with Crippen LogP contribution in [0.4, 0.5) is 0 Å². The minimum absolute atomic E-state index is 0.0662. The van der Waals surface area contributed by atoms with Gasteiger partial charge < -0.3 is 9.42 Å². The van der Waals surface area contributed by atoms with Crippen molar-refractivity contribution in [3.8, 4) is 0 Å². The summed E-state index contributed by atoms with van der Waals surface area (Å²) in [6, 6.07) is 7.23.